The van der Waals surface area contributed by atoms with Gasteiger partial charge in [-0.15, -0.1) is 0 Å². The van der Waals surface area contributed by atoms with E-state index in [1.54, 1.807) is 15.6 Å². The SMILES string of the molecule is Cc1cc(C)n2ncc(C(=O)N3CC(O)(C(C)C)C3)c2n1. The van der Waals surface area contributed by atoms with Gasteiger partial charge in [0.05, 0.1) is 19.3 Å². The number of aliphatic hydroxyl groups is 1. The van der Waals surface area contributed by atoms with Crippen molar-refractivity contribution < 1.29 is 9.90 Å². The number of nitrogens with zero attached hydrogens (tertiary/aromatic N) is 4. The van der Waals surface area contributed by atoms with Crippen LogP contribution in [0.5, 0.6) is 0 Å². The molecule has 3 heterocycles. The van der Waals surface area contributed by atoms with Gasteiger partial charge in [-0.2, -0.15) is 5.10 Å². The summed E-state index contributed by atoms with van der Waals surface area (Å²) in [6, 6.07) is 1.93. The van der Waals surface area contributed by atoms with Gasteiger partial charge in [0, 0.05) is 11.4 Å². The lowest BCUT2D eigenvalue weighted by Gasteiger charge is -2.48. The molecular weight excluding hydrogens is 268 g/mol. The summed E-state index contributed by atoms with van der Waals surface area (Å²) in [4.78, 5) is 18.6. The molecule has 3 rings (SSSR count). The third-order valence-corrected chi connectivity index (χ3v) is 4.30. The predicted molar refractivity (Wildman–Crippen MR) is 78.2 cm³/mol. The third-order valence-electron chi connectivity index (χ3n) is 4.30. The lowest BCUT2D eigenvalue weighted by molar-refractivity contribution is -0.110. The Balaban J connectivity index is 1.90. The predicted octanol–water partition coefficient (Wildman–Crippen LogP) is 1.19. The van der Waals surface area contributed by atoms with Gasteiger partial charge in [0.2, 0.25) is 0 Å². The zero-order chi connectivity index (χ0) is 15.4. The molecule has 1 N–H and O–H groups in total. The van der Waals surface area contributed by atoms with Crippen LogP contribution in [0, 0.1) is 19.8 Å². The lowest BCUT2D eigenvalue weighted by atomic mass is 9.83. The first-order valence-electron chi connectivity index (χ1n) is 7.15. The monoisotopic (exact) mass is 288 g/mol. The van der Waals surface area contributed by atoms with Gasteiger partial charge in [0.1, 0.15) is 11.2 Å². The summed E-state index contributed by atoms with van der Waals surface area (Å²) in [7, 11) is 0. The molecule has 0 bridgehead atoms. The molecule has 0 atom stereocenters. The van der Waals surface area contributed by atoms with Gasteiger partial charge in [0.25, 0.3) is 5.91 Å². The van der Waals surface area contributed by atoms with Crippen LogP contribution in [0.4, 0.5) is 0 Å². The van der Waals surface area contributed by atoms with Gasteiger partial charge in [-0.05, 0) is 25.8 Å². The Labute approximate surface area is 123 Å². The molecule has 1 saturated heterocycles. The fourth-order valence-corrected chi connectivity index (χ4v) is 2.72. The molecular formula is C15H20N4O2. The standard InChI is InChI=1S/C15H20N4O2/c1-9(2)15(21)7-18(8-15)14(20)12-6-16-19-11(4)5-10(3)17-13(12)19/h5-6,9,21H,7-8H2,1-4H3. The lowest BCUT2D eigenvalue weighted by Crippen LogP contribution is -2.65. The van der Waals surface area contributed by atoms with Crippen molar-refractivity contribution in [2.75, 3.05) is 13.1 Å². The number of aromatic nitrogens is 3. The highest BCUT2D eigenvalue weighted by Crippen LogP contribution is 2.30. The van der Waals surface area contributed by atoms with Crippen LogP contribution in [0.25, 0.3) is 5.65 Å². The number of fused-ring (bicyclic) bond motifs is 1. The van der Waals surface area contributed by atoms with Crippen molar-refractivity contribution in [3.05, 3.63) is 29.2 Å². The highest BCUT2D eigenvalue weighted by atomic mass is 16.3. The van der Waals surface area contributed by atoms with Gasteiger partial charge in [-0.1, -0.05) is 13.8 Å². The second-order valence-electron chi connectivity index (χ2n) is 6.25. The number of hydrogen-bond acceptors (Lipinski definition) is 4. The summed E-state index contributed by atoms with van der Waals surface area (Å²) < 4.78 is 1.68. The van der Waals surface area contributed by atoms with Crippen molar-refractivity contribution in [1.82, 2.24) is 19.5 Å². The second kappa shape index (κ2) is 4.53. The Hall–Kier alpha value is -1.95. The third kappa shape index (κ3) is 2.10. The average Bonchev–Trinajstić information content (AvgIpc) is 2.77. The van der Waals surface area contributed by atoms with Crippen LogP contribution in [0.2, 0.25) is 0 Å². The highest BCUT2D eigenvalue weighted by molar-refractivity contribution is 6.00. The Kier molecular flexibility index (Phi) is 3.02. The van der Waals surface area contributed by atoms with Crippen LogP contribution < -0.4 is 0 Å². The Morgan fingerprint density at radius 3 is 2.67 bits per heavy atom. The van der Waals surface area contributed by atoms with Crippen LogP contribution >= 0.6 is 0 Å². The maximum atomic E-state index is 12.6. The number of likely N-dealkylation sites (tertiary alicyclic amines) is 1. The van der Waals surface area contributed by atoms with E-state index >= 15 is 0 Å². The van der Waals surface area contributed by atoms with Gasteiger partial charge >= 0.3 is 0 Å². The molecule has 1 fully saturated rings. The summed E-state index contributed by atoms with van der Waals surface area (Å²) in [5.41, 5.74) is 2.11. The number of amides is 1. The van der Waals surface area contributed by atoms with Crippen molar-refractivity contribution in [2.45, 2.75) is 33.3 Å². The molecule has 1 aliphatic heterocycles. The van der Waals surface area contributed by atoms with E-state index in [-0.39, 0.29) is 11.8 Å². The molecule has 0 radical (unpaired) electrons. The molecule has 0 spiro atoms. The molecule has 0 aromatic carbocycles. The topological polar surface area (TPSA) is 70.7 Å². The molecule has 0 saturated carbocycles. The van der Waals surface area contributed by atoms with E-state index in [2.05, 4.69) is 10.1 Å². The van der Waals surface area contributed by atoms with E-state index in [9.17, 15) is 9.90 Å². The molecule has 1 amide bonds. The normalized spacial score (nSPS) is 17.3. The Morgan fingerprint density at radius 1 is 1.38 bits per heavy atom. The molecule has 112 valence electrons. The first-order valence-corrected chi connectivity index (χ1v) is 7.15. The number of hydrogen-bond donors (Lipinski definition) is 1. The van der Waals surface area contributed by atoms with Crippen LogP contribution in [0.1, 0.15) is 35.6 Å². The maximum absolute atomic E-state index is 12.6. The zero-order valence-electron chi connectivity index (χ0n) is 12.8. The Bertz CT molecular complexity index is 714. The second-order valence-corrected chi connectivity index (χ2v) is 6.25. The van der Waals surface area contributed by atoms with Crippen molar-refractivity contribution >= 4 is 11.6 Å². The van der Waals surface area contributed by atoms with E-state index in [4.69, 9.17) is 0 Å². The zero-order valence-corrected chi connectivity index (χ0v) is 12.8. The fourth-order valence-electron chi connectivity index (χ4n) is 2.72. The van der Waals surface area contributed by atoms with E-state index in [1.165, 1.54) is 0 Å². The fraction of sp³-hybridized carbons (Fsp3) is 0.533. The smallest absolute Gasteiger partial charge is 0.259 e. The molecule has 6 heteroatoms. The molecule has 2 aromatic heterocycles. The van der Waals surface area contributed by atoms with Gasteiger partial charge in [0.15, 0.2) is 5.65 Å². The van der Waals surface area contributed by atoms with Crippen LogP contribution in [0.3, 0.4) is 0 Å². The van der Waals surface area contributed by atoms with Gasteiger partial charge < -0.3 is 10.0 Å². The van der Waals surface area contributed by atoms with E-state index in [0.717, 1.165) is 11.4 Å². The molecule has 0 unspecified atom stereocenters. The summed E-state index contributed by atoms with van der Waals surface area (Å²) in [5, 5.41) is 14.5. The highest BCUT2D eigenvalue weighted by Gasteiger charge is 2.46. The van der Waals surface area contributed by atoms with Gasteiger partial charge in [-0.3, -0.25) is 4.79 Å². The molecule has 6 nitrogen and oxygen atoms in total. The van der Waals surface area contributed by atoms with Crippen LogP contribution in [0.15, 0.2) is 12.3 Å². The van der Waals surface area contributed by atoms with Crippen LogP contribution in [-0.4, -0.2) is 49.2 Å². The summed E-state index contributed by atoms with van der Waals surface area (Å²) in [5.74, 6) is 0.0147. The van der Waals surface area contributed by atoms with Crippen molar-refractivity contribution in [3.63, 3.8) is 0 Å². The van der Waals surface area contributed by atoms with Crippen molar-refractivity contribution in [3.8, 4) is 0 Å². The van der Waals surface area contributed by atoms with Crippen LogP contribution in [-0.2, 0) is 0 Å². The average molecular weight is 288 g/mol. The van der Waals surface area contributed by atoms with Crippen molar-refractivity contribution in [1.29, 1.82) is 0 Å². The maximum Gasteiger partial charge on any atom is 0.259 e. The van der Waals surface area contributed by atoms with E-state index in [0.29, 0.717) is 24.3 Å². The van der Waals surface area contributed by atoms with Crippen molar-refractivity contribution in [2.24, 2.45) is 5.92 Å². The number of β-amino-alcohol motifs (C(OH)–C–C–N with tert-alkyl or cyclic N) is 1. The first kappa shape index (κ1) is 14.0. The number of rotatable bonds is 2. The quantitative estimate of drug-likeness (QED) is 0.901. The Morgan fingerprint density at radius 2 is 2.05 bits per heavy atom. The van der Waals surface area contributed by atoms with Gasteiger partial charge in [-0.25, -0.2) is 9.50 Å². The minimum Gasteiger partial charge on any atom is -0.386 e. The summed E-state index contributed by atoms with van der Waals surface area (Å²) in [6.45, 7) is 8.49. The minimum atomic E-state index is -0.766. The number of carbonyl (C=O) groups excluding carboxylic acids is 1. The number of carbonyl (C=O) groups is 1. The molecule has 2 aromatic rings. The largest absolute Gasteiger partial charge is 0.386 e. The first-order chi connectivity index (χ1) is 9.82. The minimum absolute atomic E-state index is 0.118. The summed E-state index contributed by atoms with van der Waals surface area (Å²) in [6.07, 6.45) is 1.56. The molecule has 0 aliphatic carbocycles. The molecule has 1 aliphatic rings. The number of aryl methyl sites for hydroxylation is 2. The van der Waals surface area contributed by atoms with E-state index in [1.807, 2.05) is 33.8 Å². The molecule has 21 heavy (non-hydrogen) atoms. The van der Waals surface area contributed by atoms with E-state index < -0.39 is 5.60 Å². The summed E-state index contributed by atoms with van der Waals surface area (Å²) >= 11 is 0.